The van der Waals surface area contributed by atoms with Gasteiger partial charge >= 0.3 is 0 Å². The molecule has 1 fully saturated rings. The summed E-state index contributed by atoms with van der Waals surface area (Å²) in [5.41, 5.74) is 4.83. The fourth-order valence-electron chi connectivity index (χ4n) is 6.44. The molecule has 0 bridgehead atoms. The molecule has 1 N–H and O–H groups in total. The van der Waals surface area contributed by atoms with Gasteiger partial charge in [-0.25, -0.2) is 0 Å². The van der Waals surface area contributed by atoms with Crippen LogP contribution in [0.3, 0.4) is 0 Å². The van der Waals surface area contributed by atoms with Crippen LogP contribution >= 0.6 is 0 Å². The Labute approximate surface area is 223 Å². The van der Waals surface area contributed by atoms with Crippen molar-refractivity contribution >= 4 is 8.32 Å². The van der Waals surface area contributed by atoms with E-state index in [4.69, 9.17) is 9.16 Å². The van der Waals surface area contributed by atoms with Crippen LogP contribution in [0, 0.1) is 17.3 Å². The number of aliphatic hydroxyl groups excluding tert-OH is 1. The van der Waals surface area contributed by atoms with Crippen molar-refractivity contribution in [3.8, 4) is 0 Å². The molecule has 204 valence electrons. The largest absolute Gasteiger partial charge is 0.417 e. The average Bonchev–Trinajstić information content (AvgIpc) is 3.17. The molecule has 36 heavy (non-hydrogen) atoms. The summed E-state index contributed by atoms with van der Waals surface area (Å²) in [5.74, 6) is 0.964. The molecule has 5 atom stereocenters. The quantitative estimate of drug-likeness (QED) is 0.172. The van der Waals surface area contributed by atoms with E-state index in [0.717, 1.165) is 32.3 Å². The molecule has 0 radical (unpaired) electrons. The Bertz CT molecular complexity index is 854. The number of ether oxygens (including phenoxy) is 1. The highest BCUT2D eigenvalue weighted by Gasteiger charge is 2.49. The second-order valence-corrected chi connectivity index (χ2v) is 18.4. The summed E-state index contributed by atoms with van der Waals surface area (Å²) in [7, 11) is -1.71. The maximum Gasteiger partial charge on any atom is 0.191 e. The predicted octanol–water partition coefficient (Wildman–Crippen LogP) is 8.68. The molecule has 0 aromatic heterocycles. The summed E-state index contributed by atoms with van der Waals surface area (Å²) in [4.78, 5) is 0. The fraction of sp³-hybridized carbons (Fsp3) is 0.750. The molecule has 0 saturated heterocycles. The summed E-state index contributed by atoms with van der Waals surface area (Å²) in [6.07, 6.45) is 9.23. The molecule has 2 aliphatic rings. The van der Waals surface area contributed by atoms with Crippen molar-refractivity contribution in [2.75, 3.05) is 6.61 Å². The highest BCUT2D eigenvalue weighted by molar-refractivity contribution is 6.74. The molecule has 1 saturated carbocycles. The molecule has 1 aromatic rings. The number of allylic oxidation sites excluding steroid dienone is 2. The summed E-state index contributed by atoms with van der Waals surface area (Å²) in [6.45, 7) is 19.9. The van der Waals surface area contributed by atoms with Gasteiger partial charge < -0.3 is 14.3 Å². The molecular formula is C32H54O3Si. The van der Waals surface area contributed by atoms with Crippen molar-refractivity contribution in [1.82, 2.24) is 0 Å². The lowest BCUT2D eigenvalue weighted by atomic mass is 9.64. The number of hydrogen-bond donors (Lipinski definition) is 1. The first-order chi connectivity index (χ1) is 16.8. The van der Waals surface area contributed by atoms with Gasteiger partial charge in [0, 0.05) is 6.61 Å². The summed E-state index contributed by atoms with van der Waals surface area (Å²) in [5, 5.41) is 10.7. The summed E-state index contributed by atoms with van der Waals surface area (Å²) >= 11 is 0. The molecule has 1 aromatic carbocycles. The maximum absolute atomic E-state index is 10.5. The molecule has 2 aliphatic carbocycles. The Morgan fingerprint density at radius 2 is 1.81 bits per heavy atom. The average molecular weight is 515 g/mol. The van der Waals surface area contributed by atoms with Gasteiger partial charge in [0.15, 0.2) is 8.32 Å². The van der Waals surface area contributed by atoms with Gasteiger partial charge in [-0.3, -0.25) is 0 Å². The SMILES string of the molecule is CC1=C(CCC(CCCO[Si](C)(C)C(C)(C)C)OCc2ccccc2)CC[C@@]2(C)CC[C@@H](C(C)O)[C@@H]12. The number of benzene rings is 1. The van der Waals surface area contributed by atoms with Crippen molar-refractivity contribution in [2.24, 2.45) is 17.3 Å². The lowest BCUT2D eigenvalue weighted by Gasteiger charge is -2.41. The Morgan fingerprint density at radius 1 is 1.11 bits per heavy atom. The Morgan fingerprint density at radius 3 is 2.44 bits per heavy atom. The third kappa shape index (κ3) is 7.33. The molecule has 0 aliphatic heterocycles. The van der Waals surface area contributed by atoms with Gasteiger partial charge in [-0.05, 0) is 106 Å². The smallest absolute Gasteiger partial charge is 0.191 e. The van der Waals surface area contributed by atoms with E-state index in [1.54, 1.807) is 11.1 Å². The highest BCUT2D eigenvalue weighted by Crippen LogP contribution is 2.57. The fourth-order valence-corrected chi connectivity index (χ4v) is 7.53. The van der Waals surface area contributed by atoms with Gasteiger partial charge in [0.1, 0.15) is 0 Å². The molecule has 0 heterocycles. The van der Waals surface area contributed by atoms with Gasteiger partial charge in [-0.1, -0.05) is 69.2 Å². The Balaban J connectivity index is 1.62. The zero-order chi connectivity index (χ0) is 26.6. The third-order valence-electron chi connectivity index (χ3n) is 9.91. The summed E-state index contributed by atoms with van der Waals surface area (Å²) < 4.78 is 13.0. The highest BCUT2D eigenvalue weighted by atomic mass is 28.4. The summed E-state index contributed by atoms with van der Waals surface area (Å²) in [6, 6.07) is 10.6. The van der Waals surface area contributed by atoms with Crippen molar-refractivity contribution < 1.29 is 14.3 Å². The van der Waals surface area contributed by atoms with Gasteiger partial charge in [-0.2, -0.15) is 0 Å². The third-order valence-corrected chi connectivity index (χ3v) is 14.4. The number of fused-ring (bicyclic) bond motifs is 1. The predicted molar refractivity (Wildman–Crippen MR) is 155 cm³/mol. The first-order valence-corrected chi connectivity index (χ1v) is 17.4. The van der Waals surface area contributed by atoms with Crippen molar-refractivity contribution in [1.29, 1.82) is 0 Å². The molecular weight excluding hydrogens is 460 g/mol. The van der Waals surface area contributed by atoms with E-state index in [1.807, 2.05) is 6.92 Å². The van der Waals surface area contributed by atoms with Crippen LogP contribution in [0.2, 0.25) is 18.1 Å². The van der Waals surface area contributed by atoms with Crippen LogP contribution in [0.25, 0.3) is 0 Å². The zero-order valence-corrected chi connectivity index (χ0v) is 25.5. The van der Waals surface area contributed by atoms with Crippen molar-refractivity contribution in [3.05, 3.63) is 47.0 Å². The molecule has 3 nitrogen and oxygen atoms in total. The van der Waals surface area contributed by atoms with Crippen LogP contribution in [-0.4, -0.2) is 32.2 Å². The van der Waals surface area contributed by atoms with Crippen LogP contribution in [0.15, 0.2) is 41.5 Å². The van der Waals surface area contributed by atoms with E-state index in [-0.39, 0.29) is 17.2 Å². The van der Waals surface area contributed by atoms with Crippen LogP contribution in [0.4, 0.5) is 0 Å². The van der Waals surface area contributed by atoms with Gasteiger partial charge in [-0.15, -0.1) is 0 Å². The minimum absolute atomic E-state index is 0.214. The maximum atomic E-state index is 10.5. The minimum Gasteiger partial charge on any atom is -0.417 e. The van der Waals surface area contributed by atoms with E-state index in [0.29, 0.717) is 23.9 Å². The topological polar surface area (TPSA) is 38.7 Å². The monoisotopic (exact) mass is 514 g/mol. The van der Waals surface area contributed by atoms with Crippen LogP contribution < -0.4 is 0 Å². The van der Waals surface area contributed by atoms with Crippen molar-refractivity contribution in [3.63, 3.8) is 0 Å². The van der Waals surface area contributed by atoms with Crippen LogP contribution in [-0.2, 0) is 15.8 Å². The Kier molecular flexibility index (Phi) is 10.1. The van der Waals surface area contributed by atoms with E-state index >= 15 is 0 Å². The molecule has 0 spiro atoms. The van der Waals surface area contributed by atoms with Crippen molar-refractivity contribution in [2.45, 2.75) is 130 Å². The van der Waals surface area contributed by atoms with E-state index in [2.05, 4.69) is 78.0 Å². The van der Waals surface area contributed by atoms with Crippen LogP contribution in [0.5, 0.6) is 0 Å². The minimum atomic E-state index is -1.71. The van der Waals surface area contributed by atoms with Crippen LogP contribution in [0.1, 0.15) is 98.5 Å². The number of aliphatic hydroxyl groups is 1. The molecule has 0 amide bonds. The van der Waals surface area contributed by atoms with Gasteiger partial charge in [0.05, 0.1) is 18.8 Å². The van der Waals surface area contributed by atoms with Gasteiger partial charge in [0.2, 0.25) is 0 Å². The number of rotatable bonds is 12. The van der Waals surface area contributed by atoms with Gasteiger partial charge in [0.25, 0.3) is 0 Å². The lowest BCUT2D eigenvalue weighted by Crippen LogP contribution is -2.41. The van der Waals surface area contributed by atoms with E-state index in [1.165, 1.54) is 31.2 Å². The molecule has 3 rings (SSSR count). The first kappa shape index (κ1) is 29.6. The standard InChI is InChI=1S/C32H54O3Si/c1-24-27(18-20-32(6)21-19-29(25(2)33)30(24)32)16-17-28(34-23-26-13-10-9-11-14-26)15-12-22-35-36(7,8)31(3,4)5/h9-11,13-14,25,28-30,33H,12,15-23H2,1-8H3/t25?,28?,29-,30+,32-/m0/s1. The molecule has 2 unspecified atom stereocenters. The van der Waals surface area contributed by atoms with E-state index in [9.17, 15) is 5.11 Å². The zero-order valence-electron chi connectivity index (χ0n) is 24.5. The first-order valence-electron chi connectivity index (χ1n) is 14.5. The van der Waals surface area contributed by atoms with E-state index < -0.39 is 8.32 Å². The Hall–Kier alpha value is -0.943. The lowest BCUT2D eigenvalue weighted by molar-refractivity contribution is 0.0251. The second-order valence-electron chi connectivity index (χ2n) is 13.6. The normalized spacial score (nSPS) is 26.7. The molecule has 4 heteroatoms. The number of hydrogen-bond acceptors (Lipinski definition) is 3. The second kappa shape index (κ2) is 12.3.